The highest BCUT2D eigenvalue weighted by Crippen LogP contribution is 2.54. The lowest BCUT2D eigenvalue weighted by atomic mass is 9.57. The van der Waals surface area contributed by atoms with Crippen LogP contribution in [0.5, 0.6) is 5.75 Å². The van der Waals surface area contributed by atoms with E-state index in [0.717, 1.165) is 24.3 Å². The van der Waals surface area contributed by atoms with Crippen LogP contribution in [0, 0.1) is 11.8 Å². The first-order valence-electron chi connectivity index (χ1n) is 13.2. The third kappa shape index (κ3) is 3.85. The summed E-state index contributed by atoms with van der Waals surface area (Å²) in [6.45, 7) is 2.04. The topological polar surface area (TPSA) is 177 Å². The number of aromatic hydroxyl groups is 1. The van der Waals surface area contributed by atoms with Crippen LogP contribution < -0.4 is 10.6 Å². The Hall–Kier alpha value is -3.45. The molecule has 5 rings (SSSR count). The Morgan fingerprint density at radius 2 is 1.82 bits per heavy atom. The van der Waals surface area contributed by atoms with E-state index in [4.69, 9.17) is 10.5 Å². The van der Waals surface area contributed by atoms with Crippen molar-refractivity contribution in [2.45, 2.75) is 37.1 Å². The molecule has 1 aliphatic heterocycles. The Morgan fingerprint density at radius 3 is 2.38 bits per heavy atom. The molecule has 12 heteroatoms. The lowest BCUT2D eigenvalue weighted by molar-refractivity contribution is -0.153. The average molecular weight is 557 g/mol. The molecule has 0 bridgehead atoms. The molecule has 3 aliphatic carbocycles. The zero-order valence-electron chi connectivity index (χ0n) is 23.3. The van der Waals surface area contributed by atoms with Gasteiger partial charge in [-0.05, 0) is 50.0 Å². The van der Waals surface area contributed by atoms with E-state index in [0.29, 0.717) is 12.1 Å². The summed E-state index contributed by atoms with van der Waals surface area (Å²) in [5.74, 6) is -6.60. The highest BCUT2D eigenvalue weighted by atomic mass is 16.5. The van der Waals surface area contributed by atoms with Crippen LogP contribution in [0.4, 0.5) is 5.69 Å². The van der Waals surface area contributed by atoms with E-state index in [-0.39, 0.29) is 35.8 Å². The molecular weight excluding hydrogens is 520 g/mol. The molecule has 0 radical (unpaired) electrons. The van der Waals surface area contributed by atoms with Gasteiger partial charge in [-0.15, -0.1) is 0 Å². The molecule has 0 spiro atoms. The molecule has 0 unspecified atom stereocenters. The number of nitrogens with zero attached hydrogens (tertiary/aromatic N) is 3. The molecule has 4 atom stereocenters. The number of aliphatic hydroxyl groups excluding tert-OH is 2. The fraction of sp³-hybridized carbons (Fsp3) is 0.536. The summed E-state index contributed by atoms with van der Waals surface area (Å²) in [6, 6.07) is 0.450. The predicted molar refractivity (Wildman–Crippen MR) is 145 cm³/mol. The van der Waals surface area contributed by atoms with Crippen molar-refractivity contribution < 1.29 is 39.5 Å². The highest BCUT2D eigenvalue weighted by Gasteiger charge is 2.64. The molecule has 1 heterocycles. The number of fused-ring (bicyclic) bond motifs is 3. The number of hydrogen-bond acceptors (Lipinski definition) is 11. The fourth-order valence-corrected chi connectivity index (χ4v) is 7.09. The fourth-order valence-electron chi connectivity index (χ4n) is 7.09. The highest BCUT2D eigenvalue weighted by molar-refractivity contribution is 6.24. The number of carbonyl (C=O) groups excluding carboxylic acids is 3. The number of rotatable bonds is 6. The monoisotopic (exact) mass is 556 g/mol. The number of Topliss-reactive ketones (excluding diaryl/α,β-unsaturated/α-hetero) is 2. The van der Waals surface area contributed by atoms with Crippen LogP contribution in [0.25, 0.3) is 5.76 Å². The van der Waals surface area contributed by atoms with Gasteiger partial charge in [0.25, 0.3) is 5.91 Å². The number of phenolic OH excluding ortho intramolecular Hbond substituents is 1. The molecular formula is C28H36N4O8. The Balaban J connectivity index is 1.66. The summed E-state index contributed by atoms with van der Waals surface area (Å²) in [5, 5.41) is 45.3. The van der Waals surface area contributed by atoms with Crippen LogP contribution in [-0.2, 0) is 32.1 Å². The van der Waals surface area contributed by atoms with Crippen molar-refractivity contribution in [3.8, 4) is 5.75 Å². The van der Waals surface area contributed by atoms with Gasteiger partial charge in [-0.2, -0.15) is 0 Å². The van der Waals surface area contributed by atoms with Crippen molar-refractivity contribution in [3.05, 3.63) is 39.7 Å². The van der Waals surface area contributed by atoms with Gasteiger partial charge in [-0.25, -0.2) is 0 Å². The lowest BCUT2D eigenvalue weighted by Gasteiger charge is -2.50. The number of likely N-dealkylation sites (tertiary alicyclic amines) is 1. The van der Waals surface area contributed by atoms with Gasteiger partial charge >= 0.3 is 0 Å². The number of nitrogens with two attached hydrogens (primary N) is 1. The maximum atomic E-state index is 14.0. The van der Waals surface area contributed by atoms with Gasteiger partial charge in [0, 0.05) is 58.0 Å². The summed E-state index contributed by atoms with van der Waals surface area (Å²) in [5.41, 5.74) is 4.11. The second kappa shape index (κ2) is 9.58. The van der Waals surface area contributed by atoms with E-state index < -0.39 is 58.0 Å². The third-order valence-electron chi connectivity index (χ3n) is 8.87. The molecule has 1 aromatic rings. The molecule has 40 heavy (non-hydrogen) atoms. The van der Waals surface area contributed by atoms with E-state index in [1.165, 1.54) is 4.90 Å². The lowest BCUT2D eigenvalue weighted by Crippen LogP contribution is -2.65. The van der Waals surface area contributed by atoms with Crippen LogP contribution in [0.15, 0.2) is 23.0 Å². The summed E-state index contributed by atoms with van der Waals surface area (Å²) in [6.07, 6.45) is 0.439. The quantitative estimate of drug-likeness (QED) is 0.295. The zero-order chi connectivity index (χ0) is 29.4. The van der Waals surface area contributed by atoms with Crippen molar-refractivity contribution in [2.75, 3.05) is 53.3 Å². The van der Waals surface area contributed by atoms with Crippen LogP contribution >= 0.6 is 0 Å². The first kappa shape index (κ1) is 28.1. The molecule has 1 aromatic carbocycles. The second-order valence-electron chi connectivity index (χ2n) is 11.7. The minimum Gasteiger partial charge on any atom is -0.508 e. The van der Waals surface area contributed by atoms with Crippen molar-refractivity contribution in [2.24, 2.45) is 17.6 Å². The molecule has 2 fully saturated rings. The number of aliphatic hydroxyl groups is 3. The maximum Gasteiger partial charge on any atom is 0.255 e. The summed E-state index contributed by atoms with van der Waals surface area (Å²) < 4.78 is 5.37. The summed E-state index contributed by atoms with van der Waals surface area (Å²) in [7, 11) is 8.54. The number of ketones is 2. The number of phenols is 1. The largest absolute Gasteiger partial charge is 0.508 e. The maximum absolute atomic E-state index is 14.0. The molecule has 0 aromatic heterocycles. The Kier molecular flexibility index (Phi) is 6.73. The zero-order valence-corrected chi connectivity index (χ0v) is 23.3. The van der Waals surface area contributed by atoms with Gasteiger partial charge in [0.1, 0.15) is 22.8 Å². The summed E-state index contributed by atoms with van der Waals surface area (Å²) in [4.78, 5) is 44.9. The molecule has 12 nitrogen and oxygen atoms in total. The Bertz CT molecular complexity index is 1380. The number of methoxy groups -OCH3 is 1. The van der Waals surface area contributed by atoms with E-state index in [9.17, 15) is 34.8 Å². The van der Waals surface area contributed by atoms with E-state index in [1.54, 1.807) is 27.3 Å². The molecule has 1 amide bonds. The van der Waals surface area contributed by atoms with Gasteiger partial charge in [0.2, 0.25) is 5.78 Å². The molecule has 1 saturated heterocycles. The molecule has 216 valence electrons. The van der Waals surface area contributed by atoms with Crippen molar-refractivity contribution in [3.63, 3.8) is 0 Å². The summed E-state index contributed by atoms with van der Waals surface area (Å²) >= 11 is 0. The molecule has 1 saturated carbocycles. The van der Waals surface area contributed by atoms with E-state index in [1.807, 2.05) is 19.0 Å². The number of likely N-dealkylation sites (N-methyl/N-ethyl adjacent to an activating group) is 1. The number of ether oxygens (including phenoxy) is 1. The number of benzene rings is 1. The number of amides is 1. The average Bonchev–Trinajstić information content (AvgIpc) is 2.82. The van der Waals surface area contributed by atoms with Crippen LogP contribution in [0.1, 0.15) is 23.1 Å². The number of primary amides is 1. The van der Waals surface area contributed by atoms with Gasteiger partial charge in [0.15, 0.2) is 11.4 Å². The molecule has 6 N–H and O–H groups in total. The normalized spacial score (nSPS) is 28.8. The standard InChI is InChI=1S/C28H36N4O8/c1-30(2)21-13(9-32-10-14(11-32)40-5)8-17(33)19-15(21)6-12-7-16-22(31(3)4)24(35)20(27(29)38)26(37)28(16,39)25(36)18(12)23(19)34/h8,12,14,16,22,33-34,37,39H,6-7,9-11H2,1-5H3,(H2,29,38)/t12-,16-,22-,28-/m0/s1. The van der Waals surface area contributed by atoms with Gasteiger partial charge < -0.3 is 35.8 Å². The third-order valence-corrected chi connectivity index (χ3v) is 8.87. The number of anilines is 1. The minimum atomic E-state index is -2.65. The van der Waals surface area contributed by atoms with Gasteiger partial charge in [-0.1, -0.05) is 0 Å². The van der Waals surface area contributed by atoms with Crippen LogP contribution in [0.2, 0.25) is 0 Å². The smallest absolute Gasteiger partial charge is 0.255 e. The first-order chi connectivity index (χ1) is 18.7. The van der Waals surface area contributed by atoms with Crippen LogP contribution in [0.3, 0.4) is 0 Å². The van der Waals surface area contributed by atoms with Crippen molar-refractivity contribution in [1.82, 2.24) is 9.80 Å². The predicted octanol–water partition coefficient (Wildman–Crippen LogP) is -0.139. The Morgan fingerprint density at radius 1 is 1.18 bits per heavy atom. The molecule has 4 aliphatic rings. The van der Waals surface area contributed by atoms with Gasteiger partial charge in [-0.3, -0.25) is 24.2 Å². The Labute approximate surface area is 231 Å². The van der Waals surface area contributed by atoms with Crippen molar-refractivity contribution in [1.29, 1.82) is 0 Å². The van der Waals surface area contributed by atoms with Crippen molar-refractivity contribution >= 4 is 28.9 Å². The number of carbonyl (C=O) groups is 3. The minimum absolute atomic E-state index is 0.0469. The first-order valence-corrected chi connectivity index (χ1v) is 13.2. The SMILES string of the molecule is COC1CN(Cc2cc(O)c3c(c2N(C)C)C[C@H]2C[C@H]4[C@H](N(C)C)C(=O)C(C(N)=O)=C(O)[C@@]4(O)C(=O)C2=C3O)C1. The van der Waals surface area contributed by atoms with Crippen LogP contribution in [-0.4, -0.2) is 114 Å². The number of hydrogen-bond donors (Lipinski definition) is 5. The van der Waals surface area contributed by atoms with E-state index >= 15 is 0 Å². The van der Waals surface area contributed by atoms with E-state index in [2.05, 4.69) is 4.90 Å². The van der Waals surface area contributed by atoms with Gasteiger partial charge in [0.05, 0.1) is 17.7 Å². The second-order valence-corrected chi connectivity index (χ2v) is 11.7.